The number of hydrogen-bond acceptors (Lipinski definition) is 1. The highest BCUT2D eigenvalue weighted by Gasteiger charge is 2.14. The molecule has 0 aromatic carbocycles. The standard InChI is InChI=1S/C28H57NO/c1-3-5-7-9-11-12-13-14-15-16-17-18-19-20-22-24-26-27(28(29)30)25-23-21-10-8-6-4-2/h27H,3-26H2,1-2H3,(H2,29,30). The number of primary amides is 1. The predicted molar refractivity (Wildman–Crippen MR) is 135 cm³/mol. The molecular weight excluding hydrogens is 366 g/mol. The van der Waals surface area contributed by atoms with Gasteiger partial charge in [-0.3, -0.25) is 4.79 Å². The molecule has 1 atom stereocenters. The van der Waals surface area contributed by atoms with Crippen LogP contribution in [0.2, 0.25) is 0 Å². The van der Waals surface area contributed by atoms with Crippen molar-refractivity contribution in [3.05, 3.63) is 0 Å². The second kappa shape index (κ2) is 24.7. The predicted octanol–water partition coefficient (Wildman–Crippen LogP) is 9.49. The van der Waals surface area contributed by atoms with Crippen LogP contribution in [-0.4, -0.2) is 5.91 Å². The zero-order valence-electron chi connectivity index (χ0n) is 21.0. The first kappa shape index (κ1) is 29.5. The first-order valence-corrected chi connectivity index (χ1v) is 14.0. The third-order valence-corrected chi connectivity index (χ3v) is 6.71. The zero-order valence-corrected chi connectivity index (χ0v) is 21.0. The molecule has 0 aliphatic carbocycles. The van der Waals surface area contributed by atoms with Crippen molar-refractivity contribution in [2.24, 2.45) is 11.7 Å². The second-order valence-corrected chi connectivity index (χ2v) is 9.75. The number of carbonyl (C=O) groups is 1. The molecule has 0 rings (SSSR count). The van der Waals surface area contributed by atoms with Gasteiger partial charge in [-0.15, -0.1) is 0 Å². The van der Waals surface area contributed by atoms with Crippen LogP contribution in [0.4, 0.5) is 0 Å². The molecule has 0 aromatic heterocycles. The summed E-state index contributed by atoms with van der Waals surface area (Å²) in [6.45, 7) is 4.54. The molecule has 1 unspecified atom stereocenters. The molecule has 0 spiro atoms. The van der Waals surface area contributed by atoms with Gasteiger partial charge < -0.3 is 5.73 Å². The number of unbranched alkanes of at least 4 members (excludes halogenated alkanes) is 20. The van der Waals surface area contributed by atoms with Gasteiger partial charge in [0, 0.05) is 5.92 Å². The van der Waals surface area contributed by atoms with Crippen molar-refractivity contribution >= 4 is 5.91 Å². The van der Waals surface area contributed by atoms with Gasteiger partial charge in [-0.1, -0.05) is 155 Å². The molecule has 2 nitrogen and oxygen atoms in total. The van der Waals surface area contributed by atoms with Gasteiger partial charge in [0.25, 0.3) is 0 Å². The summed E-state index contributed by atoms with van der Waals surface area (Å²) in [4.78, 5) is 11.7. The van der Waals surface area contributed by atoms with Crippen molar-refractivity contribution in [2.75, 3.05) is 0 Å². The van der Waals surface area contributed by atoms with E-state index in [4.69, 9.17) is 5.73 Å². The maximum atomic E-state index is 11.7. The molecule has 0 aromatic rings. The molecule has 1 amide bonds. The van der Waals surface area contributed by atoms with E-state index in [2.05, 4.69) is 13.8 Å². The average Bonchev–Trinajstić information content (AvgIpc) is 2.74. The Bertz CT molecular complexity index is 342. The molecular formula is C28H57NO. The molecule has 2 heteroatoms. The molecule has 180 valence electrons. The van der Waals surface area contributed by atoms with Crippen LogP contribution in [0.25, 0.3) is 0 Å². The minimum atomic E-state index is -0.0653. The highest BCUT2D eigenvalue weighted by molar-refractivity contribution is 5.76. The lowest BCUT2D eigenvalue weighted by atomic mass is 9.93. The molecule has 30 heavy (non-hydrogen) atoms. The van der Waals surface area contributed by atoms with Gasteiger partial charge in [-0.05, 0) is 12.8 Å². The van der Waals surface area contributed by atoms with Gasteiger partial charge in [-0.2, -0.15) is 0 Å². The molecule has 0 bridgehead atoms. The van der Waals surface area contributed by atoms with Gasteiger partial charge in [0.1, 0.15) is 0 Å². The maximum absolute atomic E-state index is 11.7. The van der Waals surface area contributed by atoms with Crippen LogP contribution in [0.15, 0.2) is 0 Å². The fourth-order valence-corrected chi connectivity index (χ4v) is 4.54. The van der Waals surface area contributed by atoms with Crippen LogP contribution in [0.3, 0.4) is 0 Å². The largest absolute Gasteiger partial charge is 0.369 e. The second-order valence-electron chi connectivity index (χ2n) is 9.75. The smallest absolute Gasteiger partial charge is 0.220 e. The summed E-state index contributed by atoms with van der Waals surface area (Å²) in [5.74, 6) is 0.0623. The summed E-state index contributed by atoms with van der Waals surface area (Å²) in [5.41, 5.74) is 5.63. The minimum absolute atomic E-state index is 0.0653. The summed E-state index contributed by atoms with van der Waals surface area (Å²) < 4.78 is 0. The van der Waals surface area contributed by atoms with E-state index in [1.165, 1.54) is 141 Å². The molecule has 0 heterocycles. The Morgan fingerprint density at radius 1 is 0.467 bits per heavy atom. The van der Waals surface area contributed by atoms with E-state index >= 15 is 0 Å². The Morgan fingerprint density at radius 2 is 0.700 bits per heavy atom. The van der Waals surface area contributed by atoms with Gasteiger partial charge in [0.15, 0.2) is 0 Å². The minimum Gasteiger partial charge on any atom is -0.369 e. The van der Waals surface area contributed by atoms with Crippen LogP contribution in [0, 0.1) is 5.92 Å². The van der Waals surface area contributed by atoms with Crippen molar-refractivity contribution in [3.8, 4) is 0 Å². The number of amides is 1. The topological polar surface area (TPSA) is 43.1 Å². The summed E-state index contributed by atoms with van der Waals surface area (Å²) in [6.07, 6.45) is 32.1. The van der Waals surface area contributed by atoms with Crippen LogP contribution in [0.1, 0.15) is 168 Å². The van der Waals surface area contributed by atoms with E-state index in [0.29, 0.717) is 0 Å². The van der Waals surface area contributed by atoms with Crippen molar-refractivity contribution in [1.29, 1.82) is 0 Å². The molecule has 2 N–H and O–H groups in total. The molecule has 0 aliphatic heterocycles. The Hall–Kier alpha value is -0.530. The van der Waals surface area contributed by atoms with E-state index in [1.807, 2.05) is 0 Å². The fourth-order valence-electron chi connectivity index (χ4n) is 4.54. The molecule has 0 fully saturated rings. The van der Waals surface area contributed by atoms with E-state index in [-0.39, 0.29) is 11.8 Å². The Morgan fingerprint density at radius 3 is 0.933 bits per heavy atom. The Balaban J connectivity index is 3.34. The van der Waals surface area contributed by atoms with Crippen LogP contribution in [-0.2, 0) is 4.79 Å². The lowest BCUT2D eigenvalue weighted by molar-refractivity contribution is -0.122. The average molecular weight is 424 g/mol. The number of nitrogens with two attached hydrogens (primary N) is 1. The van der Waals surface area contributed by atoms with Gasteiger partial charge in [0.2, 0.25) is 5.91 Å². The number of rotatable bonds is 25. The van der Waals surface area contributed by atoms with Gasteiger partial charge in [0.05, 0.1) is 0 Å². The van der Waals surface area contributed by atoms with Gasteiger partial charge in [-0.25, -0.2) is 0 Å². The lowest BCUT2D eigenvalue weighted by Gasteiger charge is -2.13. The third-order valence-electron chi connectivity index (χ3n) is 6.71. The van der Waals surface area contributed by atoms with E-state index in [0.717, 1.165) is 12.8 Å². The third kappa shape index (κ3) is 22.2. The molecule has 0 saturated heterocycles. The summed E-state index contributed by atoms with van der Waals surface area (Å²) >= 11 is 0. The summed E-state index contributed by atoms with van der Waals surface area (Å²) in [5, 5.41) is 0. The van der Waals surface area contributed by atoms with Crippen molar-refractivity contribution < 1.29 is 4.79 Å². The summed E-state index contributed by atoms with van der Waals surface area (Å²) in [7, 11) is 0. The normalized spacial score (nSPS) is 12.3. The number of carbonyl (C=O) groups excluding carboxylic acids is 1. The molecule has 0 aliphatic rings. The zero-order chi connectivity index (χ0) is 22.1. The fraction of sp³-hybridized carbons (Fsp3) is 0.964. The highest BCUT2D eigenvalue weighted by Crippen LogP contribution is 2.19. The van der Waals surface area contributed by atoms with Crippen LogP contribution < -0.4 is 5.73 Å². The first-order chi connectivity index (χ1) is 14.7. The van der Waals surface area contributed by atoms with E-state index < -0.39 is 0 Å². The van der Waals surface area contributed by atoms with Crippen LogP contribution >= 0.6 is 0 Å². The van der Waals surface area contributed by atoms with Crippen molar-refractivity contribution in [2.45, 2.75) is 168 Å². The summed E-state index contributed by atoms with van der Waals surface area (Å²) in [6, 6.07) is 0. The van der Waals surface area contributed by atoms with Crippen LogP contribution in [0.5, 0.6) is 0 Å². The highest BCUT2D eigenvalue weighted by atomic mass is 16.1. The Kier molecular flexibility index (Phi) is 24.3. The molecule has 0 radical (unpaired) electrons. The SMILES string of the molecule is CCCCCCCCCCCCCCCCCCC(CCCCCCCC)C(N)=O. The first-order valence-electron chi connectivity index (χ1n) is 14.0. The van der Waals surface area contributed by atoms with E-state index in [1.54, 1.807) is 0 Å². The monoisotopic (exact) mass is 423 g/mol. The number of hydrogen-bond donors (Lipinski definition) is 1. The molecule has 0 saturated carbocycles. The van der Waals surface area contributed by atoms with E-state index in [9.17, 15) is 4.79 Å². The lowest BCUT2D eigenvalue weighted by Crippen LogP contribution is -2.23. The van der Waals surface area contributed by atoms with Gasteiger partial charge >= 0.3 is 0 Å². The van der Waals surface area contributed by atoms with Crippen molar-refractivity contribution in [1.82, 2.24) is 0 Å². The Labute approximate surface area is 190 Å². The van der Waals surface area contributed by atoms with Crippen molar-refractivity contribution in [3.63, 3.8) is 0 Å². The maximum Gasteiger partial charge on any atom is 0.220 e. The quantitative estimate of drug-likeness (QED) is 0.146.